The summed E-state index contributed by atoms with van der Waals surface area (Å²) in [5.74, 6) is 1.35. The topological polar surface area (TPSA) is 52.0 Å². The second kappa shape index (κ2) is 13.7. The summed E-state index contributed by atoms with van der Waals surface area (Å²) in [5.41, 5.74) is 16.6. The van der Waals surface area contributed by atoms with Crippen molar-refractivity contribution in [3.8, 4) is 0 Å². The molecular weight excluding hydrogens is 396 g/mol. The summed E-state index contributed by atoms with van der Waals surface area (Å²) < 4.78 is 0. The van der Waals surface area contributed by atoms with Crippen LogP contribution >= 0.6 is 11.8 Å². The molecule has 0 saturated heterocycles. The number of unbranched alkanes of at least 4 members (excludes halogenated alkanes) is 2. The summed E-state index contributed by atoms with van der Waals surface area (Å²) >= 11 is 2.19. The molecule has 2 aromatic carbocycles. The Morgan fingerprint density at radius 2 is 0.968 bits per heavy atom. The van der Waals surface area contributed by atoms with Crippen LogP contribution in [-0.4, -0.2) is 0 Å². The van der Waals surface area contributed by atoms with Crippen LogP contribution in [0.25, 0.3) is 0 Å². The maximum absolute atomic E-state index is 6.03. The van der Waals surface area contributed by atoms with E-state index >= 15 is 0 Å². The van der Waals surface area contributed by atoms with E-state index in [1.54, 1.807) is 0 Å². The van der Waals surface area contributed by atoms with E-state index in [0.29, 0.717) is 22.3 Å². The number of benzene rings is 2. The van der Waals surface area contributed by atoms with E-state index in [2.05, 4.69) is 88.0 Å². The third-order valence-electron chi connectivity index (χ3n) is 6.59. The summed E-state index contributed by atoms with van der Waals surface area (Å²) in [6, 6.07) is 17.3. The lowest BCUT2D eigenvalue weighted by molar-refractivity contribution is 0.423. The summed E-state index contributed by atoms with van der Waals surface area (Å²) in [5, 5.41) is 0.964. The van der Waals surface area contributed by atoms with E-state index in [1.165, 1.54) is 62.5 Å². The van der Waals surface area contributed by atoms with Gasteiger partial charge < -0.3 is 11.5 Å². The minimum atomic E-state index is 0.482. The molecule has 0 heterocycles. The number of thioether (sulfide) groups is 1. The van der Waals surface area contributed by atoms with Crippen molar-refractivity contribution in [3.63, 3.8) is 0 Å². The molecule has 2 aromatic rings. The van der Waals surface area contributed by atoms with Gasteiger partial charge in [0.1, 0.15) is 0 Å². The van der Waals surface area contributed by atoms with Crippen LogP contribution in [-0.2, 0) is 0 Å². The van der Waals surface area contributed by atoms with Gasteiger partial charge in [0.15, 0.2) is 0 Å². The fourth-order valence-electron chi connectivity index (χ4n) is 4.52. The average Bonchev–Trinajstić information content (AvgIpc) is 2.79. The highest BCUT2D eigenvalue weighted by Crippen LogP contribution is 2.51. The lowest BCUT2D eigenvalue weighted by Crippen LogP contribution is -2.16. The van der Waals surface area contributed by atoms with Crippen LogP contribution in [0.15, 0.2) is 48.5 Å². The molecule has 0 aromatic heterocycles. The lowest BCUT2D eigenvalue weighted by atomic mass is 9.90. The van der Waals surface area contributed by atoms with Crippen LogP contribution in [0, 0.1) is 11.8 Å². The second-order valence-electron chi connectivity index (χ2n) is 8.93. The molecule has 0 radical (unpaired) electrons. The molecule has 2 nitrogen and oxygen atoms in total. The van der Waals surface area contributed by atoms with Crippen molar-refractivity contribution in [1.82, 2.24) is 0 Å². The second-order valence-corrected chi connectivity index (χ2v) is 10.2. The smallest absolute Gasteiger partial charge is 0.0331 e. The van der Waals surface area contributed by atoms with Gasteiger partial charge in [-0.15, -0.1) is 11.8 Å². The predicted molar refractivity (Wildman–Crippen MR) is 141 cm³/mol. The molecule has 0 saturated carbocycles. The van der Waals surface area contributed by atoms with Gasteiger partial charge in [0.05, 0.1) is 0 Å². The molecule has 0 amide bonds. The highest BCUT2D eigenvalue weighted by atomic mass is 32.2. The highest BCUT2D eigenvalue weighted by molar-refractivity contribution is 7.99. The Bertz CT molecular complexity index is 662. The van der Waals surface area contributed by atoms with Crippen LogP contribution in [0.3, 0.4) is 0 Å². The summed E-state index contributed by atoms with van der Waals surface area (Å²) in [4.78, 5) is 0. The molecule has 4 N–H and O–H groups in total. The number of nitrogens with two attached hydrogens (primary N) is 2. The van der Waals surface area contributed by atoms with Crippen molar-refractivity contribution in [2.24, 2.45) is 11.8 Å². The van der Waals surface area contributed by atoms with Crippen molar-refractivity contribution >= 4 is 23.1 Å². The van der Waals surface area contributed by atoms with Gasteiger partial charge in [-0.1, -0.05) is 90.5 Å². The molecule has 0 bridgehead atoms. The largest absolute Gasteiger partial charge is 0.399 e. The van der Waals surface area contributed by atoms with Gasteiger partial charge in [0.25, 0.3) is 0 Å². The Labute approximate surface area is 195 Å². The standard InChI is InChI=1S/C28H44N2S/c1-5-9-11-21(7-3)27(23-13-17-25(29)18-14-23)31-28(22(8-4)12-10-6-2)24-15-19-26(30)20-16-24/h13-22,27-28H,5-12,29-30H2,1-4H3. The van der Waals surface area contributed by atoms with Crippen LogP contribution < -0.4 is 11.5 Å². The van der Waals surface area contributed by atoms with E-state index < -0.39 is 0 Å². The molecule has 0 fully saturated rings. The van der Waals surface area contributed by atoms with E-state index in [4.69, 9.17) is 11.5 Å². The first-order valence-corrected chi connectivity index (χ1v) is 13.3. The van der Waals surface area contributed by atoms with E-state index in [-0.39, 0.29) is 0 Å². The van der Waals surface area contributed by atoms with E-state index in [0.717, 1.165) is 11.4 Å². The van der Waals surface area contributed by atoms with Crippen LogP contribution in [0.5, 0.6) is 0 Å². The Morgan fingerprint density at radius 3 is 1.26 bits per heavy atom. The number of nitrogen functional groups attached to an aromatic ring is 2. The predicted octanol–water partition coefficient (Wildman–Crippen LogP) is 8.80. The zero-order chi connectivity index (χ0) is 22.6. The van der Waals surface area contributed by atoms with Crippen LogP contribution in [0.2, 0.25) is 0 Å². The molecule has 0 aliphatic carbocycles. The zero-order valence-corrected chi connectivity index (χ0v) is 21.0. The zero-order valence-electron chi connectivity index (χ0n) is 20.1. The van der Waals surface area contributed by atoms with Gasteiger partial charge >= 0.3 is 0 Å². The summed E-state index contributed by atoms with van der Waals surface area (Å²) in [6.45, 7) is 9.32. The fourth-order valence-corrected chi connectivity index (χ4v) is 6.57. The molecule has 4 atom stereocenters. The quantitative estimate of drug-likeness (QED) is 0.288. The molecule has 31 heavy (non-hydrogen) atoms. The Morgan fingerprint density at radius 1 is 0.613 bits per heavy atom. The van der Waals surface area contributed by atoms with Gasteiger partial charge in [-0.05, 0) is 60.1 Å². The summed E-state index contributed by atoms with van der Waals surface area (Å²) in [7, 11) is 0. The molecule has 0 spiro atoms. The Balaban J connectivity index is 2.43. The maximum Gasteiger partial charge on any atom is 0.0331 e. The van der Waals surface area contributed by atoms with Crippen LogP contribution in [0.4, 0.5) is 11.4 Å². The number of hydrogen-bond donors (Lipinski definition) is 2. The molecule has 0 aliphatic heterocycles. The first-order valence-electron chi connectivity index (χ1n) is 12.4. The fraction of sp³-hybridized carbons (Fsp3) is 0.571. The SMILES string of the molecule is CCCCC(CC)C(SC(c1ccc(N)cc1)C(CC)CCCC)c1ccc(N)cc1. The molecule has 0 aliphatic rings. The first-order chi connectivity index (χ1) is 15.0. The third-order valence-corrected chi connectivity index (χ3v) is 8.49. The summed E-state index contributed by atoms with van der Waals surface area (Å²) in [6.07, 6.45) is 10.1. The van der Waals surface area contributed by atoms with E-state index in [1.807, 2.05) is 0 Å². The number of hydrogen-bond acceptors (Lipinski definition) is 3. The normalized spacial score (nSPS) is 15.4. The molecule has 4 unspecified atom stereocenters. The van der Waals surface area contributed by atoms with Crippen molar-refractivity contribution in [2.45, 2.75) is 89.6 Å². The lowest BCUT2D eigenvalue weighted by Gasteiger charge is -2.34. The molecular formula is C28H44N2S. The highest BCUT2D eigenvalue weighted by Gasteiger charge is 2.30. The van der Waals surface area contributed by atoms with E-state index in [9.17, 15) is 0 Å². The van der Waals surface area contributed by atoms with Gasteiger partial charge in [-0.3, -0.25) is 0 Å². The van der Waals surface area contributed by atoms with Crippen LogP contribution in [0.1, 0.15) is 101 Å². The minimum absolute atomic E-state index is 0.482. The van der Waals surface area contributed by atoms with Gasteiger partial charge in [-0.25, -0.2) is 0 Å². The van der Waals surface area contributed by atoms with Crippen molar-refractivity contribution in [3.05, 3.63) is 59.7 Å². The third kappa shape index (κ3) is 7.79. The van der Waals surface area contributed by atoms with Gasteiger partial charge in [0, 0.05) is 21.9 Å². The Hall–Kier alpha value is -1.61. The monoisotopic (exact) mass is 440 g/mol. The van der Waals surface area contributed by atoms with Crippen molar-refractivity contribution in [2.75, 3.05) is 11.5 Å². The van der Waals surface area contributed by atoms with Gasteiger partial charge in [-0.2, -0.15) is 0 Å². The number of anilines is 2. The van der Waals surface area contributed by atoms with Crippen molar-refractivity contribution in [1.29, 1.82) is 0 Å². The molecule has 2 rings (SSSR count). The van der Waals surface area contributed by atoms with Crippen molar-refractivity contribution < 1.29 is 0 Å². The Kier molecular flexibility index (Phi) is 11.4. The van der Waals surface area contributed by atoms with Gasteiger partial charge in [0.2, 0.25) is 0 Å². The minimum Gasteiger partial charge on any atom is -0.399 e. The molecule has 172 valence electrons. The molecule has 3 heteroatoms. The number of rotatable bonds is 14. The first kappa shape index (κ1) is 25.6. The maximum atomic E-state index is 6.03. The average molecular weight is 441 g/mol.